The molecule has 0 radical (unpaired) electrons. The Morgan fingerprint density at radius 3 is 2.35 bits per heavy atom. The van der Waals surface area contributed by atoms with Gasteiger partial charge in [0.1, 0.15) is 6.10 Å². The zero-order valence-electron chi connectivity index (χ0n) is 19.6. The summed E-state index contributed by atoms with van der Waals surface area (Å²) in [5.74, 6) is -0.00530. The monoisotopic (exact) mass is 475 g/mol. The highest BCUT2D eigenvalue weighted by Gasteiger charge is 2.30. The van der Waals surface area contributed by atoms with Crippen LogP contribution >= 0.6 is 0 Å². The van der Waals surface area contributed by atoms with Gasteiger partial charge in [-0.25, -0.2) is 4.98 Å². The van der Waals surface area contributed by atoms with Gasteiger partial charge in [0.05, 0.1) is 17.9 Å². The first-order chi connectivity index (χ1) is 16.0. The van der Waals surface area contributed by atoms with Crippen LogP contribution in [0, 0.1) is 6.92 Å². The summed E-state index contributed by atoms with van der Waals surface area (Å²) in [6, 6.07) is 10.5. The number of carboxylic acids is 1. The molecular formula is C26H28F3NO4. The van der Waals surface area contributed by atoms with Crippen LogP contribution < -0.4 is 0 Å². The third-order valence-electron chi connectivity index (χ3n) is 5.57. The van der Waals surface area contributed by atoms with Crippen molar-refractivity contribution in [1.82, 2.24) is 4.98 Å². The molecule has 8 heteroatoms. The van der Waals surface area contributed by atoms with Crippen LogP contribution in [0.25, 0.3) is 11.5 Å². The van der Waals surface area contributed by atoms with Gasteiger partial charge >= 0.3 is 12.1 Å². The first-order valence-corrected chi connectivity index (χ1v) is 11.1. The van der Waals surface area contributed by atoms with Gasteiger partial charge in [-0.05, 0) is 67.1 Å². The van der Waals surface area contributed by atoms with Crippen LogP contribution in [-0.4, -0.2) is 16.1 Å². The van der Waals surface area contributed by atoms with E-state index in [1.165, 1.54) is 12.1 Å². The van der Waals surface area contributed by atoms with Crippen molar-refractivity contribution in [2.24, 2.45) is 0 Å². The number of ether oxygens (including phenoxy) is 1. The first kappa shape index (κ1) is 25.5. The van der Waals surface area contributed by atoms with Gasteiger partial charge in [-0.1, -0.05) is 32.0 Å². The summed E-state index contributed by atoms with van der Waals surface area (Å²) >= 11 is 0. The molecule has 0 spiro atoms. The number of halogens is 3. The minimum absolute atomic E-state index is 0.0313. The van der Waals surface area contributed by atoms with Crippen molar-refractivity contribution < 1.29 is 32.2 Å². The molecule has 34 heavy (non-hydrogen) atoms. The Morgan fingerprint density at radius 2 is 1.79 bits per heavy atom. The number of oxazole rings is 1. The Labute approximate surface area is 196 Å². The van der Waals surface area contributed by atoms with E-state index in [2.05, 4.69) is 4.98 Å². The third kappa shape index (κ3) is 6.26. The van der Waals surface area contributed by atoms with E-state index in [9.17, 15) is 18.0 Å². The largest absolute Gasteiger partial charge is 0.481 e. The average Bonchev–Trinajstić information content (AvgIpc) is 3.22. The van der Waals surface area contributed by atoms with E-state index < -0.39 is 23.8 Å². The molecule has 1 heterocycles. The molecule has 2 aromatic carbocycles. The number of aliphatic carboxylic acids is 1. The Hall–Kier alpha value is -3.13. The molecule has 1 N–H and O–H groups in total. The summed E-state index contributed by atoms with van der Waals surface area (Å²) in [5.41, 5.74) is 3.36. The molecule has 0 amide bonds. The number of carbonyl (C=O) groups is 1. The number of hydrogen-bond donors (Lipinski definition) is 1. The summed E-state index contributed by atoms with van der Waals surface area (Å²) in [5, 5.41) is 8.87. The second-order valence-electron chi connectivity index (χ2n) is 8.61. The predicted octanol–water partition coefficient (Wildman–Crippen LogP) is 7.09. The standard InChI is InChI=1S/C26H28F3NO4/c1-15(2)23-24(34-25(30-23)20-7-10-21(11-8-20)26(27,28)29)17(4)33-14-18-5-6-19(16(3)13-18)9-12-22(31)32/h5-8,10-11,13,15,17H,9,12,14H2,1-4H3,(H,31,32)/t17-/m0/s1. The molecule has 1 aromatic heterocycles. The van der Waals surface area contributed by atoms with E-state index in [-0.39, 0.29) is 18.2 Å². The number of aryl methyl sites for hydroxylation is 2. The Morgan fingerprint density at radius 1 is 1.12 bits per heavy atom. The second-order valence-corrected chi connectivity index (χ2v) is 8.61. The zero-order chi connectivity index (χ0) is 25.0. The molecule has 3 aromatic rings. The maximum atomic E-state index is 12.9. The Kier molecular flexibility index (Phi) is 7.82. The molecular weight excluding hydrogens is 447 g/mol. The number of carboxylic acid groups (broad SMARTS) is 1. The normalized spacial score (nSPS) is 12.8. The number of hydrogen-bond acceptors (Lipinski definition) is 4. The van der Waals surface area contributed by atoms with Gasteiger partial charge in [-0.15, -0.1) is 0 Å². The number of nitrogens with zero attached hydrogens (tertiary/aromatic N) is 1. The highest BCUT2D eigenvalue weighted by molar-refractivity contribution is 5.67. The third-order valence-corrected chi connectivity index (χ3v) is 5.57. The van der Waals surface area contributed by atoms with Crippen molar-refractivity contribution in [3.63, 3.8) is 0 Å². The molecule has 1 atom stereocenters. The SMILES string of the molecule is Cc1cc(CO[C@@H](C)c2oc(-c3ccc(C(F)(F)F)cc3)nc2C(C)C)ccc1CCC(=O)O. The van der Waals surface area contributed by atoms with Gasteiger partial charge in [-0.3, -0.25) is 4.79 Å². The molecule has 0 saturated carbocycles. The maximum absolute atomic E-state index is 12.9. The lowest BCUT2D eigenvalue weighted by atomic mass is 10.0. The smallest absolute Gasteiger partial charge is 0.416 e. The molecule has 0 bridgehead atoms. The fourth-order valence-corrected chi connectivity index (χ4v) is 3.64. The van der Waals surface area contributed by atoms with Gasteiger partial charge in [0.15, 0.2) is 5.76 Å². The van der Waals surface area contributed by atoms with Gasteiger partial charge in [0.25, 0.3) is 0 Å². The topological polar surface area (TPSA) is 72.6 Å². The van der Waals surface area contributed by atoms with Gasteiger partial charge in [-0.2, -0.15) is 13.2 Å². The van der Waals surface area contributed by atoms with Crippen molar-refractivity contribution in [2.45, 2.75) is 65.3 Å². The van der Waals surface area contributed by atoms with E-state index in [0.29, 0.717) is 30.0 Å². The van der Waals surface area contributed by atoms with Crippen molar-refractivity contribution in [1.29, 1.82) is 0 Å². The van der Waals surface area contributed by atoms with E-state index in [4.69, 9.17) is 14.3 Å². The van der Waals surface area contributed by atoms with Crippen LogP contribution in [0.1, 0.15) is 72.9 Å². The van der Waals surface area contributed by atoms with E-state index >= 15 is 0 Å². The minimum Gasteiger partial charge on any atom is -0.481 e. The fourth-order valence-electron chi connectivity index (χ4n) is 3.64. The Balaban J connectivity index is 1.74. The quantitative estimate of drug-likeness (QED) is 0.358. The molecule has 5 nitrogen and oxygen atoms in total. The van der Waals surface area contributed by atoms with Crippen LogP contribution in [0.15, 0.2) is 46.9 Å². The number of aromatic nitrogens is 1. The molecule has 182 valence electrons. The average molecular weight is 476 g/mol. The van der Waals surface area contributed by atoms with E-state index in [1.54, 1.807) is 0 Å². The number of alkyl halides is 3. The maximum Gasteiger partial charge on any atom is 0.416 e. The lowest BCUT2D eigenvalue weighted by molar-refractivity contribution is -0.138. The lowest BCUT2D eigenvalue weighted by Crippen LogP contribution is -2.04. The number of benzene rings is 2. The molecule has 0 aliphatic rings. The van der Waals surface area contributed by atoms with Crippen LogP contribution in [-0.2, 0) is 28.7 Å². The summed E-state index contributed by atoms with van der Waals surface area (Å²) < 4.78 is 50.6. The minimum atomic E-state index is -4.40. The zero-order valence-corrected chi connectivity index (χ0v) is 19.6. The van der Waals surface area contributed by atoms with Crippen LogP contribution in [0.5, 0.6) is 0 Å². The second kappa shape index (κ2) is 10.4. The molecule has 0 aliphatic carbocycles. The highest BCUT2D eigenvalue weighted by atomic mass is 19.4. The predicted molar refractivity (Wildman–Crippen MR) is 121 cm³/mol. The van der Waals surface area contributed by atoms with Crippen molar-refractivity contribution in [3.05, 3.63) is 76.2 Å². The summed E-state index contributed by atoms with van der Waals surface area (Å²) in [4.78, 5) is 15.3. The Bertz CT molecular complexity index is 1130. The molecule has 0 unspecified atom stereocenters. The van der Waals surface area contributed by atoms with Gasteiger partial charge in [0, 0.05) is 12.0 Å². The first-order valence-electron chi connectivity index (χ1n) is 11.1. The van der Waals surface area contributed by atoms with Crippen LogP contribution in [0.3, 0.4) is 0 Å². The van der Waals surface area contributed by atoms with E-state index in [0.717, 1.165) is 28.8 Å². The molecule has 3 rings (SSSR count). The van der Waals surface area contributed by atoms with Crippen molar-refractivity contribution in [2.75, 3.05) is 0 Å². The van der Waals surface area contributed by atoms with Crippen LogP contribution in [0.4, 0.5) is 13.2 Å². The number of rotatable bonds is 9. The fraction of sp³-hybridized carbons (Fsp3) is 0.385. The van der Waals surface area contributed by atoms with Gasteiger partial charge in [0.2, 0.25) is 5.89 Å². The molecule has 0 saturated heterocycles. The van der Waals surface area contributed by atoms with Crippen molar-refractivity contribution in [3.8, 4) is 11.5 Å². The molecule has 0 aliphatic heterocycles. The summed E-state index contributed by atoms with van der Waals surface area (Å²) in [6.45, 7) is 8.02. The van der Waals surface area contributed by atoms with E-state index in [1.807, 2.05) is 45.9 Å². The van der Waals surface area contributed by atoms with Gasteiger partial charge < -0.3 is 14.3 Å². The molecule has 0 fully saturated rings. The van der Waals surface area contributed by atoms with Crippen LogP contribution in [0.2, 0.25) is 0 Å². The van der Waals surface area contributed by atoms with Crippen molar-refractivity contribution >= 4 is 5.97 Å². The lowest BCUT2D eigenvalue weighted by Gasteiger charge is -2.14. The summed E-state index contributed by atoms with van der Waals surface area (Å²) in [7, 11) is 0. The highest BCUT2D eigenvalue weighted by Crippen LogP contribution is 2.34. The summed E-state index contributed by atoms with van der Waals surface area (Å²) in [6.07, 6.45) is -4.28.